The zero-order chi connectivity index (χ0) is 22.5. The number of aromatic nitrogens is 2. The number of amides is 1. The van der Waals surface area contributed by atoms with E-state index in [2.05, 4.69) is 15.3 Å². The molecule has 1 amide bonds. The fourth-order valence-corrected chi connectivity index (χ4v) is 4.14. The van der Waals surface area contributed by atoms with E-state index in [9.17, 15) is 9.90 Å². The Morgan fingerprint density at radius 3 is 2.53 bits per heavy atom. The second-order valence-corrected chi connectivity index (χ2v) is 7.79. The fraction of sp³-hybridized carbons (Fsp3) is 0.333. The van der Waals surface area contributed by atoms with Crippen molar-refractivity contribution in [3.63, 3.8) is 0 Å². The molecule has 32 heavy (non-hydrogen) atoms. The number of hydrogen-bond acceptors (Lipinski definition) is 6. The summed E-state index contributed by atoms with van der Waals surface area (Å²) in [4.78, 5) is 15.1. The Morgan fingerprint density at radius 1 is 1.06 bits per heavy atom. The first-order valence-electron chi connectivity index (χ1n) is 10.7. The lowest BCUT2D eigenvalue weighted by molar-refractivity contribution is 0.102. The van der Waals surface area contributed by atoms with Gasteiger partial charge < -0.3 is 19.9 Å². The number of carbonyl (C=O) groups excluding carboxylic acids is 1. The monoisotopic (exact) mass is 436 g/mol. The second kappa shape index (κ2) is 9.74. The van der Waals surface area contributed by atoms with Gasteiger partial charge in [0.25, 0.3) is 5.91 Å². The largest absolute Gasteiger partial charge is 0.504 e. The highest BCUT2D eigenvalue weighted by atomic mass is 16.5. The van der Waals surface area contributed by atoms with Gasteiger partial charge in [0.15, 0.2) is 11.5 Å². The van der Waals surface area contributed by atoms with Crippen LogP contribution in [0.25, 0.3) is 0 Å². The summed E-state index contributed by atoms with van der Waals surface area (Å²) in [7, 11) is 3.11. The zero-order valence-corrected chi connectivity index (χ0v) is 18.3. The van der Waals surface area contributed by atoms with Gasteiger partial charge >= 0.3 is 0 Å². The van der Waals surface area contributed by atoms with Crippen LogP contribution in [0.15, 0.2) is 54.7 Å². The van der Waals surface area contributed by atoms with Crippen LogP contribution in [0.4, 0.5) is 5.82 Å². The van der Waals surface area contributed by atoms with Crippen molar-refractivity contribution in [2.75, 3.05) is 32.6 Å². The lowest BCUT2D eigenvalue weighted by atomic mass is 10.0. The zero-order valence-electron chi connectivity index (χ0n) is 18.3. The topological polar surface area (TPSA) is 88.9 Å². The standard InChI is InChI=1S/C24H28N4O4/c1-31-20-8-4-3-7-19(20)24(30)26-22-10-13-25-28(22)18-11-14-27(15-12-18)16-17-6-5-9-21(32-2)23(17)29/h3-10,13,18,29H,11-12,14-16H2,1-2H3,(H,26,30). The van der Waals surface area contributed by atoms with E-state index in [-0.39, 0.29) is 17.7 Å². The molecule has 0 spiro atoms. The fourth-order valence-electron chi connectivity index (χ4n) is 4.14. The number of benzene rings is 2. The van der Waals surface area contributed by atoms with E-state index >= 15 is 0 Å². The molecule has 4 rings (SSSR count). The molecule has 1 saturated heterocycles. The Labute approximate surface area is 187 Å². The molecule has 0 unspecified atom stereocenters. The van der Waals surface area contributed by atoms with Crippen molar-refractivity contribution in [2.45, 2.75) is 25.4 Å². The van der Waals surface area contributed by atoms with Crippen LogP contribution in [-0.4, -0.2) is 53.0 Å². The average molecular weight is 437 g/mol. The second-order valence-electron chi connectivity index (χ2n) is 7.79. The normalized spacial score (nSPS) is 14.8. The van der Waals surface area contributed by atoms with Crippen molar-refractivity contribution >= 4 is 11.7 Å². The first-order valence-corrected chi connectivity index (χ1v) is 10.7. The SMILES string of the molecule is COc1ccccc1C(=O)Nc1ccnn1C1CCN(Cc2cccc(OC)c2O)CC1. The Bertz CT molecular complexity index is 1070. The van der Waals surface area contributed by atoms with Crippen LogP contribution < -0.4 is 14.8 Å². The number of nitrogens with zero attached hydrogens (tertiary/aromatic N) is 3. The first-order chi connectivity index (χ1) is 15.6. The molecule has 1 aromatic heterocycles. The Balaban J connectivity index is 1.39. The Kier molecular flexibility index (Phi) is 6.61. The molecular formula is C24H28N4O4. The molecule has 2 N–H and O–H groups in total. The van der Waals surface area contributed by atoms with Gasteiger partial charge in [-0.2, -0.15) is 5.10 Å². The predicted octanol–water partition coefficient (Wildman–Crippen LogP) is 3.70. The molecule has 0 atom stereocenters. The number of likely N-dealkylation sites (tertiary alicyclic amines) is 1. The molecule has 3 aromatic rings. The number of para-hydroxylation sites is 2. The van der Waals surface area contributed by atoms with Crippen LogP contribution in [0, 0.1) is 0 Å². The number of phenolic OH excluding ortho intramolecular Hbond substituents is 1. The molecular weight excluding hydrogens is 408 g/mol. The van der Waals surface area contributed by atoms with Gasteiger partial charge in [0.2, 0.25) is 0 Å². The number of nitrogens with one attached hydrogen (secondary N) is 1. The van der Waals surface area contributed by atoms with E-state index in [0.717, 1.165) is 31.5 Å². The minimum absolute atomic E-state index is 0.188. The van der Waals surface area contributed by atoms with Gasteiger partial charge in [-0.25, -0.2) is 4.68 Å². The number of ether oxygens (including phenoxy) is 2. The number of hydrogen-bond donors (Lipinski definition) is 2. The Hall–Kier alpha value is -3.52. The van der Waals surface area contributed by atoms with Gasteiger partial charge in [0.05, 0.1) is 32.0 Å². The highest BCUT2D eigenvalue weighted by Gasteiger charge is 2.24. The third-order valence-corrected chi connectivity index (χ3v) is 5.86. The molecule has 8 heteroatoms. The number of rotatable bonds is 7. The van der Waals surface area contributed by atoms with Crippen LogP contribution >= 0.6 is 0 Å². The van der Waals surface area contributed by atoms with Gasteiger partial charge in [-0.05, 0) is 31.0 Å². The number of methoxy groups -OCH3 is 2. The molecule has 1 fully saturated rings. The van der Waals surface area contributed by atoms with Crippen molar-refractivity contribution in [1.82, 2.24) is 14.7 Å². The summed E-state index contributed by atoms with van der Waals surface area (Å²) in [6.07, 6.45) is 3.49. The first kappa shape index (κ1) is 21.7. The van der Waals surface area contributed by atoms with E-state index in [1.54, 1.807) is 38.6 Å². The molecule has 168 valence electrons. The molecule has 8 nitrogen and oxygen atoms in total. The summed E-state index contributed by atoms with van der Waals surface area (Å²) in [5, 5.41) is 17.8. The number of piperidine rings is 1. The van der Waals surface area contributed by atoms with Crippen molar-refractivity contribution in [3.05, 3.63) is 65.9 Å². The number of aromatic hydroxyl groups is 1. The van der Waals surface area contributed by atoms with Gasteiger partial charge in [-0.15, -0.1) is 0 Å². The predicted molar refractivity (Wildman–Crippen MR) is 121 cm³/mol. The summed E-state index contributed by atoms with van der Waals surface area (Å²) < 4.78 is 12.4. The molecule has 2 aromatic carbocycles. The highest BCUT2D eigenvalue weighted by Crippen LogP contribution is 2.32. The molecule has 0 saturated carbocycles. The van der Waals surface area contributed by atoms with Gasteiger partial charge in [0, 0.05) is 31.3 Å². The third kappa shape index (κ3) is 4.55. The maximum absolute atomic E-state index is 12.8. The van der Waals surface area contributed by atoms with Gasteiger partial charge in [-0.1, -0.05) is 24.3 Å². The van der Waals surface area contributed by atoms with Gasteiger partial charge in [-0.3, -0.25) is 9.69 Å². The minimum atomic E-state index is -0.227. The number of anilines is 1. The van der Waals surface area contributed by atoms with Crippen LogP contribution in [-0.2, 0) is 6.54 Å². The van der Waals surface area contributed by atoms with Crippen molar-refractivity contribution < 1.29 is 19.4 Å². The summed E-state index contributed by atoms with van der Waals surface area (Å²) >= 11 is 0. The van der Waals surface area contributed by atoms with Crippen LogP contribution in [0.3, 0.4) is 0 Å². The summed E-state index contributed by atoms with van der Waals surface area (Å²) in [5.41, 5.74) is 1.34. The van der Waals surface area contributed by atoms with Crippen molar-refractivity contribution in [1.29, 1.82) is 0 Å². The summed E-state index contributed by atoms with van der Waals surface area (Å²) in [5.74, 6) is 1.67. The minimum Gasteiger partial charge on any atom is -0.504 e. The van der Waals surface area contributed by atoms with Crippen LogP contribution in [0.1, 0.15) is 34.8 Å². The van der Waals surface area contributed by atoms with E-state index in [0.29, 0.717) is 29.4 Å². The molecule has 2 heterocycles. The number of carbonyl (C=O) groups is 1. The summed E-state index contributed by atoms with van der Waals surface area (Å²) in [6.45, 7) is 2.38. The van der Waals surface area contributed by atoms with Gasteiger partial charge in [0.1, 0.15) is 11.6 Å². The van der Waals surface area contributed by atoms with E-state index in [4.69, 9.17) is 9.47 Å². The molecule has 0 aliphatic carbocycles. The lowest BCUT2D eigenvalue weighted by Crippen LogP contribution is -2.35. The average Bonchev–Trinajstić information content (AvgIpc) is 3.29. The quantitative estimate of drug-likeness (QED) is 0.587. The van der Waals surface area contributed by atoms with E-state index in [1.165, 1.54) is 0 Å². The highest BCUT2D eigenvalue weighted by molar-refractivity contribution is 6.05. The van der Waals surface area contributed by atoms with Crippen molar-refractivity contribution in [3.8, 4) is 17.2 Å². The molecule has 0 bridgehead atoms. The molecule has 1 aliphatic rings. The maximum atomic E-state index is 12.8. The summed E-state index contributed by atoms with van der Waals surface area (Å²) in [6, 6.07) is 14.7. The third-order valence-electron chi connectivity index (χ3n) is 5.86. The van der Waals surface area contributed by atoms with E-state index in [1.807, 2.05) is 35.0 Å². The maximum Gasteiger partial charge on any atom is 0.260 e. The van der Waals surface area contributed by atoms with Crippen LogP contribution in [0.2, 0.25) is 0 Å². The molecule has 0 radical (unpaired) electrons. The van der Waals surface area contributed by atoms with E-state index < -0.39 is 0 Å². The molecule has 1 aliphatic heterocycles. The Morgan fingerprint density at radius 2 is 1.78 bits per heavy atom. The lowest BCUT2D eigenvalue weighted by Gasteiger charge is -2.32. The number of phenols is 1. The van der Waals surface area contributed by atoms with Crippen molar-refractivity contribution in [2.24, 2.45) is 0 Å². The smallest absolute Gasteiger partial charge is 0.260 e. The van der Waals surface area contributed by atoms with Crippen LogP contribution in [0.5, 0.6) is 17.2 Å².